The highest BCUT2D eigenvalue weighted by Gasteiger charge is 2.13. The van der Waals surface area contributed by atoms with E-state index in [2.05, 4.69) is 10.1 Å². The highest BCUT2D eigenvalue weighted by Crippen LogP contribution is 2.15. The molecule has 0 fully saturated rings. The molecule has 0 atom stereocenters. The molecule has 2 aromatic heterocycles. The van der Waals surface area contributed by atoms with Crippen LogP contribution in [0.1, 0.15) is 18.1 Å². The van der Waals surface area contributed by atoms with E-state index in [0.717, 1.165) is 4.52 Å². The van der Waals surface area contributed by atoms with Crippen molar-refractivity contribution in [3.05, 3.63) is 27.7 Å². The molecular weight excluding hydrogens is 196 g/mol. The molecule has 2 N–H and O–H groups in total. The van der Waals surface area contributed by atoms with E-state index in [9.17, 15) is 9.90 Å². The fourth-order valence-electron chi connectivity index (χ4n) is 1.44. The molecule has 6 nitrogen and oxygen atoms in total. The van der Waals surface area contributed by atoms with Crippen LogP contribution in [0.25, 0.3) is 5.65 Å². The smallest absolute Gasteiger partial charge is 0.258 e. The highest BCUT2D eigenvalue weighted by molar-refractivity contribution is 5.55. The molecule has 15 heavy (non-hydrogen) atoms. The number of aromatic nitrogens is 3. The minimum Gasteiger partial charge on any atom is -0.493 e. The lowest BCUT2D eigenvalue weighted by Gasteiger charge is -2.02. The van der Waals surface area contributed by atoms with Crippen molar-refractivity contribution in [3.63, 3.8) is 0 Å². The number of aromatic hydroxyl groups is 1. The van der Waals surface area contributed by atoms with Crippen LogP contribution in [0.3, 0.4) is 0 Å². The number of aromatic amines is 1. The van der Waals surface area contributed by atoms with Gasteiger partial charge in [-0.25, -0.2) is 0 Å². The van der Waals surface area contributed by atoms with Crippen molar-refractivity contribution >= 4 is 5.65 Å². The molecular formula is C9H8N4O2. The minimum atomic E-state index is -0.389. The monoisotopic (exact) mass is 204 g/mol. The molecule has 0 aliphatic rings. The second kappa shape index (κ2) is 3.13. The summed E-state index contributed by atoms with van der Waals surface area (Å²) in [6, 6.07) is 1.88. The number of H-pyrrole nitrogens is 1. The third-order valence-electron chi connectivity index (χ3n) is 2.22. The number of nitrogens with zero attached hydrogens (tertiary/aromatic N) is 3. The van der Waals surface area contributed by atoms with Gasteiger partial charge in [0.2, 0.25) is 5.88 Å². The SMILES string of the molecule is CCc1c(O)n2ncc(C#N)c2[nH]c1=O. The maximum Gasteiger partial charge on any atom is 0.258 e. The Morgan fingerprint density at radius 2 is 2.47 bits per heavy atom. The summed E-state index contributed by atoms with van der Waals surface area (Å²) in [4.78, 5) is 14.0. The van der Waals surface area contributed by atoms with E-state index in [-0.39, 0.29) is 28.2 Å². The molecule has 0 saturated heterocycles. The Balaban J connectivity index is 2.95. The molecule has 2 aromatic rings. The molecule has 0 unspecified atom stereocenters. The van der Waals surface area contributed by atoms with Gasteiger partial charge in [0, 0.05) is 0 Å². The summed E-state index contributed by atoms with van der Waals surface area (Å²) in [6.45, 7) is 1.75. The Morgan fingerprint density at radius 3 is 3.07 bits per heavy atom. The molecule has 0 bridgehead atoms. The Kier molecular flexibility index (Phi) is 1.94. The molecule has 2 heterocycles. The number of hydrogen-bond donors (Lipinski definition) is 2. The van der Waals surface area contributed by atoms with Crippen molar-refractivity contribution < 1.29 is 5.11 Å². The Labute approximate surface area is 84.4 Å². The van der Waals surface area contributed by atoms with Gasteiger partial charge in [-0.2, -0.15) is 14.9 Å². The number of nitriles is 1. The average Bonchev–Trinajstić information content (AvgIpc) is 2.61. The first kappa shape index (κ1) is 9.27. The van der Waals surface area contributed by atoms with Crippen molar-refractivity contribution in [2.75, 3.05) is 0 Å². The van der Waals surface area contributed by atoms with Crippen LogP contribution < -0.4 is 5.56 Å². The van der Waals surface area contributed by atoms with Gasteiger partial charge >= 0.3 is 0 Å². The lowest BCUT2D eigenvalue weighted by molar-refractivity contribution is 0.427. The average molecular weight is 204 g/mol. The molecule has 0 aliphatic heterocycles. The zero-order valence-corrected chi connectivity index (χ0v) is 7.98. The largest absolute Gasteiger partial charge is 0.493 e. The Morgan fingerprint density at radius 1 is 1.73 bits per heavy atom. The van der Waals surface area contributed by atoms with E-state index in [4.69, 9.17) is 5.26 Å². The van der Waals surface area contributed by atoms with Gasteiger partial charge in [-0.3, -0.25) is 4.79 Å². The predicted molar refractivity (Wildman–Crippen MR) is 51.6 cm³/mol. The lowest BCUT2D eigenvalue weighted by atomic mass is 10.2. The van der Waals surface area contributed by atoms with Crippen LogP contribution in [0.15, 0.2) is 11.0 Å². The third kappa shape index (κ3) is 1.17. The maximum absolute atomic E-state index is 11.5. The minimum absolute atomic E-state index is 0.210. The summed E-state index contributed by atoms with van der Waals surface area (Å²) in [5.74, 6) is -0.210. The van der Waals surface area contributed by atoms with Crippen molar-refractivity contribution in [1.29, 1.82) is 5.26 Å². The molecule has 0 aliphatic carbocycles. The van der Waals surface area contributed by atoms with E-state index in [1.54, 1.807) is 6.92 Å². The standard InChI is InChI=1S/C9H8N4O2/c1-2-6-8(14)12-7-5(3-10)4-11-13(7)9(6)15/h4,15H,2H2,1H3,(H,12,14). The van der Waals surface area contributed by atoms with Gasteiger partial charge in [-0.05, 0) is 6.42 Å². The first-order chi connectivity index (χ1) is 7.19. The normalized spacial score (nSPS) is 10.4. The summed E-state index contributed by atoms with van der Waals surface area (Å²) < 4.78 is 1.15. The number of rotatable bonds is 1. The quantitative estimate of drug-likeness (QED) is 0.691. The molecule has 0 saturated carbocycles. The number of nitrogens with one attached hydrogen (secondary N) is 1. The Bertz CT molecular complexity index is 617. The van der Waals surface area contributed by atoms with Crippen LogP contribution in [-0.2, 0) is 6.42 Å². The summed E-state index contributed by atoms with van der Waals surface area (Å²) in [7, 11) is 0. The predicted octanol–water partition coefficient (Wildman–Crippen LogP) is 0.162. The van der Waals surface area contributed by atoms with Crippen molar-refractivity contribution in [1.82, 2.24) is 14.6 Å². The van der Waals surface area contributed by atoms with Gasteiger partial charge in [0.05, 0.1) is 11.8 Å². The molecule has 76 valence electrons. The molecule has 0 spiro atoms. The van der Waals surface area contributed by atoms with Crippen LogP contribution in [0, 0.1) is 11.3 Å². The van der Waals surface area contributed by atoms with E-state index < -0.39 is 0 Å². The van der Waals surface area contributed by atoms with Crippen molar-refractivity contribution in [2.45, 2.75) is 13.3 Å². The van der Waals surface area contributed by atoms with E-state index in [0.29, 0.717) is 6.42 Å². The van der Waals surface area contributed by atoms with Crippen LogP contribution >= 0.6 is 0 Å². The first-order valence-corrected chi connectivity index (χ1v) is 4.41. The van der Waals surface area contributed by atoms with Gasteiger partial charge in [0.15, 0.2) is 5.65 Å². The molecule has 0 aromatic carbocycles. The van der Waals surface area contributed by atoms with Gasteiger partial charge < -0.3 is 10.1 Å². The van der Waals surface area contributed by atoms with Crippen LogP contribution in [0.4, 0.5) is 0 Å². The van der Waals surface area contributed by atoms with Crippen LogP contribution in [-0.4, -0.2) is 19.7 Å². The Hall–Kier alpha value is -2.29. The highest BCUT2D eigenvalue weighted by atomic mass is 16.3. The van der Waals surface area contributed by atoms with E-state index in [1.807, 2.05) is 6.07 Å². The fourth-order valence-corrected chi connectivity index (χ4v) is 1.44. The lowest BCUT2D eigenvalue weighted by Crippen LogP contribution is -2.15. The molecule has 6 heteroatoms. The van der Waals surface area contributed by atoms with Crippen molar-refractivity contribution in [3.8, 4) is 11.9 Å². The van der Waals surface area contributed by atoms with Gasteiger partial charge in [0.1, 0.15) is 11.6 Å². The zero-order chi connectivity index (χ0) is 11.0. The van der Waals surface area contributed by atoms with Gasteiger partial charge in [-0.15, -0.1) is 0 Å². The molecule has 2 rings (SSSR count). The van der Waals surface area contributed by atoms with Gasteiger partial charge in [0.25, 0.3) is 5.56 Å². The first-order valence-electron chi connectivity index (χ1n) is 4.41. The van der Waals surface area contributed by atoms with E-state index >= 15 is 0 Å². The second-order valence-corrected chi connectivity index (χ2v) is 3.04. The molecule has 0 amide bonds. The second-order valence-electron chi connectivity index (χ2n) is 3.04. The summed E-state index contributed by atoms with van der Waals surface area (Å²) >= 11 is 0. The van der Waals surface area contributed by atoms with Crippen LogP contribution in [0.5, 0.6) is 5.88 Å². The summed E-state index contributed by atoms with van der Waals surface area (Å²) in [5.41, 5.74) is 0.317. The zero-order valence-electron chi connectivity index (χ0n) is 7.98. The summed E-state index contributed by atoms with van der Waals surface area (Å²) in [6.07, 6.45) is 1.70. The van der Waals surface area contributed by atoms with Gasteiger partial charge in [-0.1, -0.05) is 6.92 Å². The van der Waals surface area contributed by atoms with Crippen molar-refractivity contribution in [2.24, 2.45) is 0 Å². The third-order valence-corrected chi connectivity index (χ3v) is 2.22. The fraction of sp³-hybridized carbons (Fsp3) is 0.222. The maximum atomic E-state index is 11.5. The number of fused-ring (bicyclic) bond motifs is 1. The topological polar surface area (TPSA) is 94.2 Å². The number of hydrogen-bond acceptors (Lipinski definition) is 4. The van der Waals surface area contributed by atoms with Crippen LogP contribution in [0.2, 0.25) is 0 Å². The molecule has 0 radical (unpaired) electrons. The van der Waals surface area contributed by atoms with E-state index in [1.165, 1.54) is 6.20 Å². The summed E-state index contributed by atoms with van der Waals surface area (Å²) in [5, 5.41) is 22.2.